The lowest BCUT2D eigenvalue weighted by Crippen LogP contribution is -2.11. The summed E-state index contributed by atoms with van der Waals surface area (Å²) in [5.74, 6) is 1.48. The molecular formula is C14H21ClN4. The summed E-state index contributed by atoms with van der Waals surface area (Å²) in [6, 6.07) is 0. The van der Waals surface area contributed by atoms with Crippen LogP contribution in [0.25, 0.3) is 0 Å². The number of rotatable bonds is 5. The molecule has 0 unspecified atom stereocenters. The summed E-state index contributed by atoms with van der Waals surface area (Å²) in [7, 11) is 0. The van der Waals surface area contributed by atoms with Crippen LogP contribution in [0.1, 0.15) is 50.8 Å². The first-order valence-corrected chi connectivity index (χ1v) is 7.21. The highest BCUT2D eigenvalue weighted by atomic mass is 35.5. The van der Waals surface area contributed by atoms with Gasteiger partial charge in [-0.25, -0.2) is 4.98 Å². The maximum Gasteiger partial charge on any atom is 0.111 e. The number of aromatic nitrogens is 4. The lowest BCUT2D eigenvalue weighted by molar-refractivity contribution is 0.579. The fourth-order valence-electron chi connectivity index (χ4n) is 2.28. The topological polar surface area (TPSA) is 35.6 Å². The molecule has 0 aliphatic carbocycles. The number of imidazole rings is 1. The smallest absolute Gasteiger partial charge is 0.111 e. The molecule has 0 radical (unpaired) electrons. The molecule has 0 bridgehead atoms. The number of halogens is 1. The summed E-state index contributed by atoms with van der Waals surface area (Å²) in [6.45, 7) is 10.0. The lowest BCUT2D eigenvalue weighted by Gasteiger charge is -2.11. The minimum Gasteiger partial charge on any atom is -0.329 e. The van der Waals surface area contributed by atoms with Crippen LogP contribution in [0.15, 0.2) is 12.4 Å². The van der Waals surface area contributed by atoms with Crippen LogP contribution in [-0.2, 0) is 19.5 Å². The van der Waals surface area contributed by atoms with E-state index in [2.05, 4.69) is 42.3 Å². The number of aryl methyl sites for hydroxylation is 2. The van der Waals surface area contributed by atoms with Crippen LogP contribution in [0.3, 0.4) is 0 Å². The van der Waals surface area contributed by atoms with Gasteiger partial charge in [0.2, 0.25) is 0 Å². The average Bonchev–Trinajstić information content (AvgIpc) is 2.96. The van der Waals surface area contributed by atoms with Gasteiger partial charge in [0.1, 0.15) is 5.82 Å². The van der Waals surface area contributed by atoms with Crippen molar-refractivity contribution in [3.8, 4) is 0 Å². The minimum atomic E-state index is 0.400. The minimum absolute atomic E-state index is 0.400. The van der Waals surface area contributed by atoms with Crippen LogP contribution in [0.5, 0.6) is 0 Å². The van der Waals surface area contributed by atoms with Gasteiger partial charge in [-0.1, -0.05) is 32.4 Å². The normalized spacial score (nSPS) is 11.5. The van der Waals surface area contributed by atoms with E-state index in [9.17, 15) is 0 Å². The second-order valence-electron chi connectivity index (χ2n) is 4.94. The molecule has 0 aliphatic heterocycles. The molecule has 0 atom stereocenters. The maximum absolute atomic E-state index is 6.44. The third kappa shape index (κ3) is 2.68. The second kappa shape index (κ2) is 5.78. The molecule has 19 heavy (non-hydrogen) atoms. The Morgan fingerprint density at radius 3 is 2.63 bits per heavy atom. The van der Waals surface area contributed by atoms with E-state index in [1.165, 1.54) is 0 Å². The van der Waals surface area contributed by atoms with Crippen molar-refractivity contribution >= 4 is 11.6 Å². The van der Waals surface area contributed by atoms with Crippen molar-refractivity contribution in [2.45, 2.75) is 53.1 Å². The van der Waals surface area contributed by atoms with Crippen molar-refractivity contribution in [1.29, 1.82) is 0 Å². The number of hydrogen-bond acceptors (Lipinski definition) is 2. The zero-order chi connectivity index (χ0) is 14.0. The van der Waals surface area contributed by atoms with E-state index in [1.807, 2.05) is 17.1 Å². The summed E-state index contributed by atoms with van der Waals surface area (Å²) in [4.78, 5) is 4.41. The Morgan fingerprint density at radius 1 is 1.32 bits per heavy atom. The van der Waals surface area contributed by atoms with Crippen LogP contribution in [-0.4, -0.2) is 19.3 Å². The highest BCUT2D eigenvalue weighted by molar-refractivity contribution is 6.31. The zero-order valence-corrected chi connectivity index (χ0v) is 12.8. The summed E-state index contributed by atoms with van der Waals surface area (Å²) >= 11 is 6.44. The van der Waals surface area contributed by atoms with Gasteiger partial charge in [0.15, 0.2) is 0 Å². The maximum atomic E-state index is 6.44. The predicted octanol–water partition coefficient (Wildman–Crippen LogP) is 3.49. The van der Waals surface area contributed by atoms with E-state index in [1.54, 1.807) is 0 Å². The van der Waals surface area contributed by atoms with Gasteiger partial charge in [-0.3, -0.25) is 4.68 Å². The van der Waals surface area contributed by atoms with Gasteiger partial charge in [0.25, 0.3) is 0 Å². The molecule has 5 heteroatoms. The van der Waals surface area contributed by atoms with Crippen molar-refractivity contribution < 1.29 is 0 Å². The van der Waals surface area contributed by atoms with Gasteiger partial charge in [-0.15, -0.1) is 0 Å². The van der Waals surface area contributed by atoms with E-state index in [-0.39, 0.29) is 0 Å². The first-order valence-electron chi connectivity index (χ1n) is 6.83. The van der Waals surface area contributed by atoms with Crippen molar-refractivity contribution in [1.82, 2.24) is 19.3 Å². The van der Waals surface area contributed by atoms with Gasteiger partial charge in [-0.05, 0) is 13.3 Å². The van der Waals surface area contributed by atoms with E-state index in [0.717, 1.165) is 41.7 Å². The summed E-state index contributed by atoms with van der Waals surface area (Å²) in [5, 5.41) is 5.35. The largest absolute Gasteiger partial charge is 0.329 e. The molecular weight excluding hydrogens is 260 g/mol. The Bertz CT molecular complexity index is 554. The lowest BCUT2D eigenvalue weighted by atomic mass is 10.2. The van der Waals surface area contributed by atoms with Crippen molar-refractivity contribution in [3.05, 3.63) is 34.6 Å². The fourth-order valence-corrected chi connectivity index (χ4v) is 2.61. The van der Waals surface area contributed by atoms with E-state index in [4.69, 9.17) is 11.6 Å². The van der Waals surface area contributed by atoms with E-state index < -0.39 is 0 Å². The van der Waals surface area contributed by atoms with E-state index >= 15 is 0 Å². The number of nitrogens with zero attached hydrogens (tertiary/aromatic N) is 4. The third-order valence-electron chi connectivity index (χ3n) is 3.28. The van der Waals surface area contributed by atoms with Crippen LogP contribution >= 0.6 is 11.6 Å². The molecule has 0 saturated carbocycles. The van der Waals surface area contributed by atoms with Crippen molar-refractivity contribution in [3.63, 3.8) is 0 Å². The Morgan fingerprint density at radius 2 is 2.05 bits per heavy atom. The molecule has 0 aliphatic rings. The number of hydrogen-bond donors (Lipinski definition) is 0. The zero-order valence-electron chi connectivity index (χ0n) is 12.0. The van der Waals surface area contributed by atoms with Crippen molar-refractivity contribution in [2.75, 3.05) is 0 Å². The molecule has 2 aromatic rings. The first kappa shape index (κ1) is 14.1. The Hall–Kier alpha value is -1.29. The molecule has 4 nitrogen and oxygen atoms in total. The molecule has 2 rings (SSSR count). The summed E-state index contributed by atoms with van der Waals surface area (Å²) in [6.07, 6.45) is 4.71. The quantitative estimate of drug-likeness (QED) is 0.840. The second-order valence-corrected chi connectivity index (χ2v) is 5.32. The van der Waals surface area contributed by atoms with E-state index in [0.29, 0.717) is 5.92 Å². The molecule has 2 heterocycles. The molecule has 104 valence electrons. The Balaban J connectivity index is 2.37. The molecule has 0 amide bonds. The molecule has 2 aromatic heterocycles. The van der Waals surface area contributed by atoms with Crippen LogP contribution < -0.4 is 0 Å². The summed E-state index contributed by atoms with van der Waals surface area (Å²) < 4.78 is 4.14. The van der Waals surface area contributed by atoms with Gasteiger partial charge >= 0.3 is 0 Å². The fraction of sp³-hybridized carbons (Fsp3) is 0.571. The molecule has 0 aromatic carbocycles. The van der Waals surface area contributed by atoms with Crippen LogP contribution in [0.2, 0.25) is 5.02 Å². The SMILES string of the molecule is CCc1nn(CC)c(Cn2ccnc2C(C)C)c1Cl. The van der Waals surface area contributed by atoms with Gasteiger partial charge in [0, 0.05) is 24.9 Å². The predicted molar refractivity (Wildman–Crippen MR) is 77.7 cm³/mol. The van der Waals surface area contributed by atoms with Crippen LogP contribution in [0.4, 0.5) is 0 Å². The first-order chi connectivity index (χ1) is 9.08. The monoisotopic (exact) mass is 280 g/mol. The van der Waals surface area contributed by atoms with Gasteiger partial charge < -0.3 is 4.57 Å². The van der Waals surface area contributed by atoms with Gasteiger partial charge in [0.05, 0.1) is 23.0 Å². The Labute approximate surface area is 119 Å². The molecule has 0 saturated heterocycles. The third-order valence-corrected chi connectivity index (χ3v) is 3.71. The van der Waals surface area contributed by atoms with Crippen molar-refractivity contribution in [2.24, 2.45) is 0 Å². The highest BCUT2D eigenvalue weighted by Gasteiger charge is 2.16. The molecule has 0 spiro atoms. The van der Waals surface area contributed by atoms with Crippen LogP contribution in [0, 0.1) is 0 Å². The highest BCUT2D eigenvalue weighted by Crippen LogP contribution is 2.23. The summed E-state index contributed by atoms with van der Waals surface area (Å²) in [5.41, 5.74) is 2.05. The Kier molecular flexibility index (Phi) is 4.30. The standard InChI is InChI=1S/C14H21ClN4/c1-5-11-13(15)12(19(6-2)17-11)9-18-8-7-16-14(18)10(3)4/h7-8,10H,5-6,9H2,1-4H3. The molecule has 0 N–H and O–H groups in total. The van der Waals surface area contributed by atoms with Gasteiger partial charge in [-0.2, -0.15) is 5.10 Å². The molecule has 0 fully saturated rings. The average molecular weight is 281 g/mol.